The van der Waals surface area contributed by atoms with Gasteiger partial charge in [0, 0.05) is 37.4 Å². The van der Waals surface area contributed by atoms with Gasteiger partial charge in [-0.3, -0.25) is 52.7 Å². The van der Waals surface area contributed by atoms with E-state index in [2.05, 4.69) is 31.9 Å². The van der Waals surface area contributed by atoms with E-state index < -0.39 is 145 Å². The topological polar surface area (TPSA) is 391 Å². The number of hydrogen-bond acceptors (Lipinski definition) is 15. The predicted octanol–water partition coefficient (Wildman–Crippen LogP) is -4.54. The average molecular weight is 977 g/mol. The lowest BCUT2D eigenvalue weighted by molar-refractivity contribution is -0.147. The molecule has 0 radical (unpaired) electrons. The predicted molar refractivity (Wildman–Crippen MR) is 243 cm³/mol. The number of rotatable bonds is 13. The Kier molecular flexibility index (Phi) is 20.0. The van der Waals surface area contributed by atoms with Gasteiger partial charge >= 0.3 is 0 Å². The highest BCUT2D eigenvalue weighted by Gasteiger charge is 2.44. The van der Waals surface area contributed by atoms with Gasteiger partial charge in [0.25, 0.3) is 0 Å². The van der Waals surface area contributed by atoms with E-state index in [1.165, 1.54) is 34.1 Å². The molecule has 8 atom stereocenters. The molecule has 11 amide bonds. The molecule has 368 valence electrons. The SMILES string of the molecule is CC(C)[C@@H]1NC(=O)[C@H](Cc2ccc(O)cc2)NC(=O)[C@@H](N)CSSC[C@@H](C(=O)N2CCC[C@H]2C(=O)N2CCC[C@H]2C(=O)NCC(N)=O)NC(=O)[C@H](CC(N)=O)NC(=O)[C@H](CCC(N)=O)NC1=O. The minimum Gasteiger partial charge on any atom is -0.508 e. The largest absolute Gasteiger partial charge is 0.508 e. The number of hydrogen-bond donors (Lipinski definition) is 11. The molecule has 26 heteroatoms. The first-order chi connectivity index (χ1) is 31.7. The normalized spacial score (nSPS) is 26.1. The second-order valence-electron chi connectivity index (χ2n) is 16.8. The summed E-state index contributed by atoms with van der Waals surface area (Å²) < 4.78 is 0. The Morgan fingerprint density at radius 2 is 1.27 bits per heavy atom. The van der Waals surface area contributed by atoms with Gasteiger partial charge in [-0.1, -0.05) is 47.6 Å². The van der Waals surface area contributed by atoms with Crippen LogP contribution in [0.1, 0.15) is 64.4 Å². The molecule has 1 aromatic carbocycles. The number of aromatic hydroxyl groups is 1. The van der Waals surface area contributed by atoms with Crippen LogP contribution in [0, 0.1) is 5.92 Å². The van der Waals surface area contributed by atoms with Crippen LogP contribution < -0.4 is 54.8 Å². The van der Waals surface area contributed by atoms with Gasteiger partial charge in [0.2, 0.25) is 65.0 Å². The Labute approximate surface area is 394 Å². The number of benzene rings is 1. The summed E-state index contributed by atoms with van der Waals surface area (Å²) >= 11 is 0. The van der Waals surface area contributed by atoms with Crippen LogP contribution in [0.2, 0.25) is 0 Å². The number of carbonyl (C=O) groups is 11. The first-order valence-corrected chi connectivity index (χ1v) is 24.2. The van der Waals surface area contributed by atoms with Crippen molar-refractivity contribution >= 4 is 86.6 Å². The molecule has 4 rings (SSSR count). The molecule has 15 N–H and O–H groups in total. The van der Waals surface area contributed by atoms with Crippen LogP contribution in [0.5, 0.6) is 5.75 Å². The fourth-order valence-corrected chi connectivity index (χ4v) is 9.96. The second-order valence-corrected chi connectivity index (χ2v) is 19.3. The van der Waals surface area contributed by atoms with Gasteiger partial charge < -0.3 is 69.7 Å². The molecule has 0 spiro atoms. The number of amides is 11. The van der Waals surface area contributed by atoms with Crippen molar-refractivity contribution in [1.29, 1.82) is 0 Å². The molecule has 0 aliphatic carbocycles. The zero-order valence-electron chi connectivity index (χ0n) is 37.2. The van der Waals surface area contributed by atoms with E-state index in [-0.39, 0.29) is 43.2 Å². The number of likely N-dealkylation sites (tertiary alicyclic amines) is 2. The molecule has 1 aromatic rings. The van der Waals surface area contributed by atoms with Crippen LogP contribution in [0.15, 0.2) is 24.3 Å². The molecule has 3 fully saturated rings. The number of nitrogens with one attached hydrogen (secondary N) is 6. The van der Waals surface area contributed by atoms with Crippen LogP contribution >= 0.6 is 21.6 Å². The lowest BCUT2D eigenvalue weighted by Gasteiger charge is -2.33. The van der Waals surface area contributed by atoms with Crippen molar-refractivity contribution in [1.82, 2.24) is 41.7 Å². The summed E-state index contributed by atoms with van der Waals surface area (Å²) in [6.45, 7) is 3.04. The van der Waals surface area contributed by atoms with E-state index in [9.17, 15) is 57.8 Å². The van der Waals surface area contributed by atoms with Crippen molar-refractivity contribution in [2.45, 2.75) is 114 Å². The molecule has 0 unspecified atom stereocenters. The fourth-order valence-electron chi connectivity index (χ4n) is 7.68. The van der Waals surface area contributed by atoms with Gasteiger partial charge in [0.15, 0.2) is 0 Å². The molecular formula is C41H60N12O12S2. The van der Waals surface area contributed by atoms with Crippen LogP contribution in [-0.4, -0.2) is 159 Å². The molecular weight excluding hydrogens is 917 g/mol. The Morgan fingerprint density at radius 3 is 1.88 bits per heavy atom. The Hall–Kier alpha value is -6.15. The molecule has 0 bridgehead atoms. The van der Waals surface area contributed by atoms with E-state index in [0.29, 0.717) is 24.8 Å². The summed E-state index contributed by atoms with van der Waals surface area (Å²) in [7, 11) is 2.06. The Bertz CT molecular complexity index is 2050. The van der Waals surface area contributed by atoms with E-state index in [4.69, 9.17) is 22.9 Å². The molecule has 3 aliphatic heterocycles. The monoisotopic (exact) mass is 976 g/mol. The number of carbonyl (C=O) groups excluding carboxylic acids is 11. The molecule has 3 saturated heterocycles. The number of primary amides is 3. The van der Waals surface area contributed by atoms with Crippen molar-refractivity contribution < 1.29 is 57.8 Å². The Balaban J connectivity index is 1.68. The maximum absolute atomic E-state index is 14.5. The maximum Gasteiger partial charge on any atom is 0.246 e. The van der Waals surface area contributed by atoms with Crippen molar-refractivity contribution in [3.63, 3.8) is 0 Å². The summed E-state index contributed by atoms with van der Waals surface area (Å²) in [6.07, 6.45) is -0.345. The van der Waals surface area contributed by atoms with Crippen LogP contribution in [0.4, 0.5) is 0 Å². The molecule has 3 heterocycles. The van der Waals surface area contributed by atoms with Crippen LogP contribution in [-0.2, 0) is 59.2 Å². The van der Waals surface area contributed by atoms with Crippen LogP contribution in [0.25, 0.3) is 0 Å². The van der Waals surface area contributed by atoms with Gasteiger partial charge in [-0.2, -0.15) is 0 Å². The lowest BCUT2D eigenvalue weighted by atomic mass is 9.99. The van der Waals surface area contributed by atoms with Gasteiger partial charge in [0.1, 0.15) is 48.0 Å². The van der Waals surface area contributed by atoms with E-state index in [1.807, 2.05) is 0 Å². The smallest absolute Gasteiger partial charge is 0.246 e. The lowest BCUT2D eigenvalue weighted by Crippen LogP contribution is -2.61. The highest BCUT2D eigenvalue weighted by atomic mass is 33.1. The summed E-state index contributed by atoms with van der Waals surface area (Å²) in [6, 6.07) is -4.78. The van der Waals surface area contributed by atoms with Gasteiger partial charge in [-0.25, -0.2) is 0 Å². The van der Waals surface area contributed by atoms with Crippen molar-refractivity contribution in [3.05, 3.63) is 29.8 Å². The molecule has 3 aliphatic rings. The number of nitrogens with zero attached hydrogens (tertiary/aromatic N) is 2. The van der Waals surface area contributed by atoms with E-state index in [0.717, 1.165) is 21.6 Å². The van der Waals surface area contributed by atoms with Crippen molar-refractivity contribution in [3.8, 4) is 5.75 Å². The first-order valence-electron chi connectivity index (χ1n) is 21.7. The maximum atomic E-state index is 14.5. The van der Waals surface area contributed by atoms with Crippen molar-refractivity contribution in [2.75, 3.05) is 31.1 Å². The zero-order chi connectivity index (χ0) is 49.5. The average Bonchev–Trinajstić information content (AvgIpc) is 3.97. The molecule has 24 nitrogen and oxygen atoms in total. The third kappa shape index (κ3) is 15.7. The highest BCUT2D eigenvalue weighted by Crippen LogP contribution is 2.28. The first kappa shape index (κ1) is 53.5. The summed E-state index contributed by atoms with van der Waals surface area (Å²) in [5.74, 6) is -10.0. The molecule has 67 heavy (non-hydrogen) atoms. The second kappa shape index (κ2) is 25.1. The minimum atomic E-state index is -1.74. The summed E-state index contributed by atoms with van der Waals surface area (Å²) in [5.41, 5.74) is 22.9. The zero-order valence-corrected chi connectivity index (χ0v) is 38.8. The van der Waals surface area contributed by atoms with E-state index in [1.54, 1.807) is 13.8 Å². The number of phenolic OH excluding ortho intramolecular Hbond substituents is 1. The minimum absolute atomic E-state index is 0.0458. The van der Waals surface area contributed by atoms with Gasteiger partial charge in [0.05, 0.1) is 19.0 Å². The quantitative estimate of drug-likeness (QED) is 0.0830. The van der Waals surface area contributed by atoms with Crippen LogP contribution in [0.3, 0.4) is 0 Å². The van der Waals surface area contributed by atoms with Gasteiger partial charge in [-0.15, -0.1) is 0 Å². The highest BCUT2D eigenvalue weighted by molar-refractivity contribution is 8.76. The number of phenols is 1. The van der Waals surface area contributed by atoms with Gasteiger partial charge in [-0.05, 0) is 55.7 Å². The summed E-state index contributed by atoms with van der Waals surface area (Å²) in [4.78, 5) is 149. The fraction of sp³-hybridized carbons (Fsp3) is 0.585. The van der Waals surface area contributed by atoms with Crippen molar-refractivity contribution in [2.24, 2.45) is 28.9 Å². The number of nitrogens with two attached hydrogens (primary N) is 4. The third-order valence-corrected chi connectivity index (χ3v) is 13.7. The third-order valence-electron chi connectivity index (χ3n) is 11.2. The van der Waals surface area contributed by atoms with E-state index >= 15 is 0 Å². The summed E-state index contributed by atoms with van der Waals surface area (Å²) in [5, 5.41) is 24.9. The molecule has 0 saturated carbocycles. The standard InChI is InChI=1S/C41H60N12O12S2/c1-20(2)33-39(63)47-24(11-12-30(43)55)35(59)49-26(16-31(44)56)36(60)50-27(19-67-66-18-23(42)34(58)48-25(37(61)51-33)15-21-7-9-22(54)10-8-21)40(64)53-14-4-6-29(53)41(65)52-13-3-5-28(52)38(62)46-17-32(45)57/h7-10,20,23-29,33,54H,3-6,11-19,42H2,1-2H3,(H2,43,55)(H2,44,56)(H2,45,57)(H,46,62)(H,47,63)(H,48,58)(H,49,59)(H,50,60)(H,51,61)/t23-,24-,25-,26-,27-,28-,29-,33-/m0/s1. The Morgan fingerprint density at radius 1 is 0.701 bits per heavy atom. The molecule has 0 aromatic heterocycles.